The number of nitrogens with one attached hydrogen (secondary N) is 2. The first kappa shape index (κ1) is 18.8. The van der Waals surface area contributed by atoms with Crippen molar-refractivity contribution in [1.29, 1.82) is 0 Å². The first-order chi connectivity index (χ1) is 10.1. The topological polar surface area (TPSA) is 59.6 Å². The Morgan fingerprint density at radius 1 is 1.50 bits per heavy atom. The van der Waals surface area contributed by atoms with Crippen molar-refractivity contribution < 1.29 is 18.7 Å². The molecule has 1 saturated heterocycles. The predicted octanol–water partition coefficient (Wildman–Crippen LogP) is 1.43. The molecule has 1 aliphatic heterocycles. The van der Waals surface area contributed by atoms with Crippen LogP contribution in [0.1, 0.15) is 18.6 Å². The summed E-state index contributed by atoms with van der Waals surface area (Å²) in [6.07, 6.45) is -0.472. The van der Waals surface area contributed by atoms with Crippen molar-refractivity contribution in [1.82, 2.24) is 10.6 Å². The molecule has 1 heterocycles. The summed E-state index contributed by atoms with van der Waals surface area (Å²) in [7, 11) is 1.56. The lowest BCUT2D eigenvalue weighted by molar-refractivity contribution is -0.129. The summed E-state index contributed by atoms with van der Waals surface area (Å²) in [6.45, 7) is 3.46. The fourth-order valence-electron chi connectivity index (χ4n) is 2.35. The summed E-state index contributed by atoms with van der Waals surface area (Å²) in [6, 6.07) is 5.70. The zero-order chi connectivity index (χ0) is 15.2. The van der Waals surface area contributed by atoms with Gasteiger partial charge >= 0.3 is 0 Å². The van der Waals surface area contributed by atoms with Gasteiger partial charge in [-0.2, -0.15) is 0 Å². The Morgan fingerprint density at radius 3 is 2.77 bits per heavy atom. The Kier molecular flexibility index (Phi) is 7.75. The van der Waals surface area contributed by atoms with Crippen molar-refractivity contribution >= 4 is 18.3 Å². The summed E-state index contributed by atoms with van der Waals surface area (Å²) >= 11 is 0. The Bertz CT molecular complexity index is 472. The number of carbonyl (C=O) groups is 1. The van der Waals surface area contributed by atoms with Crippen LogP contribution in [-0.4, -0.2) is 44.9 Å². The number of halogens is 2. The largest absolute Gasteiger partial charge is 0.375 e. The molecule has 1 aliphatic rings. The number of amides is 1. The number of carbonyl (C=O) groups excluding carboxylic acids is 1. The molecule has 3 atom stereocenters. The van der Waals surface area contributed by atoms with Crippen LogP contribution in [0.5, 0.6) is 0 Å². The fourth-order valence-corrected chi connectivity index (χ4v) is 2.35. The first-order valence-corrected chi connectivity index (χ1v) is 7.02. The van der Waals surface area contributed by atoms with Crippen molar-refractivity contribution in [3.8, 4) is 0 Å². The van der Waals surface area contributed by atoms with Gasteiger partial charge in [-0.15, -0.1) is 12.4 Å². The van der Waals surface area contributed by atoms with Gasteiger partial charge in [0.15, 0.2) is 0 Å². The van der Waals surface area contributed by atoms with Crippen LogP contribution in [0.15, 0.2) is 24.3 Å². The van der Waals surface area contributed by atoms with Gasteiger partial charge in [-0.05, 0) is 24.6 Å². The maximum Gasteiger partial charge on any atom is 0.239 e. The number of hydrogen-bond acceptors (Lipinski definition) is 4. The molecule has 2 N–H and O–H groups in total. The molecule has 0 aromatic heterocycles. The molecule has 1 fully saturated rings. The molecule has 1 amide bonds. The van der Waals surface area contributed by atoms with E-state index in [9.17, 15) is 9.18 Å². The van der Waals surface area contributed by atoms with E-state index in [0.29, 0.717) is 19.7 Å². The fraction of sp³-hybridized carbons (Fsp3) is 0.533. The van der Waals surface area contributed by atoms with Gasteiger partial charge in [0.2, 0.25) is 5.91 Å². The highest BCUT2D eigenvalue weighted by Gasteiger charge is 2.28. The van der Waals surface area contributed by atoms with E-state index in [-0.39, 0.29) is 42.4 Å². The van der Waals surface area contributed by atoms with Crippen molar-refractivity contribution in [2.24, 2.45) is 0 Å². The maximum absolute atomic E-state index is 12.9. The number of methoxy groups -OCH3 is 1. The Morgan fingerprint density at radius 2 is 2.18 bits per heavy atom. The molecule has 22 heavy (non-hydrogen) atoms. The van der Waals surface area contributed by atoms with E-state index in [0.717, 1.165) is 5.56 Å². The third kappa shape index (κ3) is 4.91. The molecule has 0 radical (unpaired) electrons. The number of morpholine rings is 1. The lowest BCUT2D eigenvalue weighted by Crippen LogP contribution is -2.55. The lowest BCUT2D eigenvalue weighted by atomic mass is 10.1. The molecular weight excluding hydrogens is 311 g/mol. The van der Waals surface area contributed by atoms with Gasteiger partial charge in [0.05, 0.1) is 18.8 Å². The standard InChI is InChI=1S/C15H21FN2O3.ClH/c1-10-14(17-7-8-21-10)15(19)18-9-13(20-2)11-3-5-12(16)6-4-11;/h3-6,10,13-14,17H,7-9H2,1-2H3,(H,18,19);1H/t10-,13?,14+;/m1./s1. The SMILES string of the molecule is COC(CNC(=O)[C@H]1NCCO[C@@H]1C)c1ccc(F)cc1.Cl. The van der Waals surface area contributed by atoms with Crippen LogP contribution >= 0.6 is 12.4 Å². The van der Waals surface area contributed by atoms with Crippen LogP contribution in [-0.2, 0) is 14.3 Å². The van der Waals surface area contributed by atoms with E-state index in [1.165, 1.54) is 12.1 Å². The molecule has 5 nitrogen and oxygen atoms in total. The average molecular weight is 333 g/mol. The van der Waals surface area contributed by atoms with Crippen molar-refractivity contribution in [3.63, 3.8) is 0 Å². The van der Waals surface area contributed by atoms with Crippen LogP contribution in [0, 0.1) is 5.82 Å². The van der Waals surface area contributed by atoms with Crippen LogP contribution in [0.25, 0.3) is 0 Å². The second-order valence-corrected chi connectivity index (χ2v) is 5.03. The van der Waals surface area contributed by atoms with Crippen LogP contribution in [0.3, 0.4) is 0 Å². The molecule has 0 spiro atoms. The average Bonchev–Trinajstić information content (AvgIpc) is 2.49. The van der Waals surface area contributed by atoms with E-state index in [2.05, 4.69) is 10.6 Å². The summed E-state index contributed by atoms with van der Waals surface area (Å²) in [4.78, 5) is 12.1. The molecule has 1 aromatic rings. The van der Waals surface area contributed by atoms with Crippen molar-refractivity contribution in [2.75, 3.05) is 26.8 Å². The Hall–Kier alpha value is -1.21. The summed E-state index contributed by atoms with van der Waals surface area (Å²) in [5.41, 5.74) is 0.820. The Labute approximate surface area is 136 Å². The predicted molar refractivity (Wildman–Crippen MR) is 83.6 cm³/mol. The second-order valence-electron chi connectivity index (χ2n) is 5.03. The number of benzene rings is 1. The molecule has 0 aliphatic carbocycles. The maximum atomic E-state index is 12.9. The molecule has 7 heteroatoms. The lowest BCUT2D eigenvalue weighted by Gasteiger charge is -2.29. The van der Waals surface area contributed by atoms with E-state index < -0.39 is 0 Å². The number of rotatable bonds is 5. The van der Waals surface area contributed by atoms with Crippen LogP contribution in [0.2, 0.25) is 0 Å². The van der Waals surface area contributed by atoms with Gasteiger partial charge in [-0.1, -0.05) is 12.1 Å². The highest BCUT2D eigenvalue weighted by Crippen LogP contribution is 2.16. The van der Waals surface area contributed by atoms with Gasteiger partial charge in [0, 0.05) is 20.2 Å². The summed E-state index contributed by atoms with van der Waals surface area (Å²) in [5, 5.41) is 5.98. The first-order valence-electron chi connectivity index (χ1n) is 7.02. The normalized spacial score (nSPS) is 22.5. The number of ether oxygens (including phenoxy) is 2. The van der Waals surface area contributed by atoms with Gasteiger partial charge in [-0.3, -0.25) is 4.79 Å². The molecular formula is C15H22ClFN2O3. The van der Waals surface area contributed by atoms with Crippen molar-refractivity contribution in [2.45, 2.75) is 25.2 Å². The van der Waals surface area contributed by atoms with Gasteiger partial charge in [-0.25, -0.2) is 4.39 Å². The van der Waals surface area contributed by atoms with E-state index >= 15 is 0 Å². The molecule has 1 aromatic carbocycles. The minimum absolute atomic E-state index is 0. The zero-order valence-corrected chi connectivity index (χ0v) is 13.5. The highest BCUT2D eigenvalue weighted by molar-refractivity contribution is 5.85. The summed E-state index contributed by atoms with van der Waals surface area (Å²) < 4.78 is 23.7. The molecule has 2 rings (SSSR count). The molecule has 0 bridgehead atoms. The monoisotopic (exact) mass is 332 g/mol. The van der Waals surface area contributed by atoms with Crippen molar-refractivity contribution in [3.05, 3.63) is 35.6 Å². The quantitative estimate of drug-likeness (QED) is 0.856. The minimum atomic E-state index is -0.357. The minimum Gasteiger partial charge on any atom is -0.375 e. The molecule has 124 valence electrons. The van der Waals surface area contributed by atoms with E-state index in [4.69, 9.17) is 9.47 Å². The number of hydrogen-bond donors (Lipinski definition) is 2. The third-order valence-corrected chi connectivity index (χ3v) is 3.59. The van der Waals surface area contributed by atoms with Gasteiger partial charge < -0.3 is 20.1 Å². The smallest absolute Gasteiger partial charge is 0.239 e. The zero-order valence-electron chi connectivity index (χ0n) is 12.7. The molecule has 1 unspecified atom stereocenters. The van der Waals surface area contributed by atoms with Crippen LogP contribution in [0.4, 0.5) is 4.39 Å². The molecule has 0 saturated carbocycles. The second kappa shape index (κ2) is 9.05. The van der Waals surface area contributed by atoms with E-state index in [1.54, 1.807) is 19.2 Å². The Balaban J connectivity index is 0.00000242. The van der Waals surface area contributed by atoms with Crippen LogP contribution < -0.4 is 10.6 Å². The van der Waals surface area contributed by atoms with E-state index in [1.807, 2.05) is 6.92 Å². The highest BCUT2D eigenvalue weighted by atomic mass is 35.5. The third-order valence-electron chi connectivity index (χ3n) is 3.59. The summed E-state index contributed by atoms with van der Waals surface area (Å²) in [5.74, 6) is -0.415. The van der Waals surface area contributed by atoms with Gasteiger partial charge in [0.25, 0.3) is 0 Å². The van der Waals surface area contributed by atoms with Gasteiger partial charge in [0.1, 0.15) is 11.9 Å².